The summed E-state index contributed by atoms with van der Waals surface area (Å²) in [6.45, 7) is 2.12. The number of carbonyl (C=O) groups excluding carboxylic acids is 1. The van der Waals surface area contributed by atoms with Gasteiger partial charge < -0.3 is 4.74 Å². The Balaban J connectivity index is 1.52. The van der Waals surface area contributed by atoms with E-state index in [0.29, 0.717) is 23.6 Å². The van der Waals surface area contributed by atoms with Crippen LogP contribution in [0.2, 0.25) is 5.02 Å². The van der Waals surface area contributed by atoms with Crippen LogP contribution in [-0.2, 0) is 6.42 Å². The highest BCUT2D eigenvalue weighted by molar-refractivity contribution is 6.30. The highest BCUT2D eigenvalue weighted by Crippen LogP contribution is 2.29. The maximum absolute atomic E-state index is 14.7. The fraction of sp³-hybridized carbons (Fsp3) is 0.107. The number of benzene rings is 4. The zero-order chi connectivity index (χ0) is 25.1. The van der Waals surface area contributed by atoms with E-state index in [0.717, 1.165) is 24.1 Å². The van der Waals surface area contributed by atoms with Gasteiger partial charge in [0.15, 0.2) is 0 Å². The molecule has 35 heavy (non-hydrogen) atoms. The van der Waals surface area contributed by atoms with Crippen molar-refractivity contribution in [1.29, 1.82) is 0 Å². The quantitative estimate of drug-likeness (QED) is 0.116. The molecule has 0 aliphatic rings. The Morgan fingerprint density at radius 3 is 1.94 bits per heavy atom. The molecule has 0 saturated carbocycles. The molecule has 0 N–H and O–H groups in total. The normalized spacial score (nSPS) is 11.8. The van der Waals surface area contributed by atoms with Crippen LogP contribution in [0.25, 0.3) is 11.1 Å². The standard InChI is InChI=1S/C28H19ClF4O2/c1-16(18-5-3-2-4-6-18)11-17-7-9-19(10-8-17)20-12-22(30)26(23(31)13-20)28(34)35-21-14-24(32)27(29)25(33)15-21/h2-10,12-16H,11H2,1H3. The van der Waals surface area contributed by atoms with Gasteiger partial charge in [0.2, 0.25) is 0 Å². The van der Waals surface area contributed by atoms with Crippen LogP contribution in [0.4, 0.5) is 17.6 Å². The van der Waals surface area contributed by atoms with Gasteiger partial charge in [0.05, 0.1) is 0 Å². The van der Waals surface area contributed by atoms with Crippen molar-refractivity contribution in [3.8, 4) is 16.9 Å². The van der Waals surface area contributed by atoms with Crippen LogP contribution in [0, 0.1) is 23.3 Å². The highest BCUT2D eigenvalue weighted by atomic mass is 35.5. The van der Waals surface area contributed by atoms with Gasteiger partial charge in [-0.15, -0.1) is 0 Å². The second kappa shape index (κ2) is 10.3. The molecule has 0 amide bonds. The number of carbonyl (C=O) groups is 1. The summed E-state index contributed by atoms with van der Waals surface area (Å²) >= 11 is 5.38. The predicted octanol–water partition coefficient (Wildman–Crippen LogP) is 8.13. The maximum atomic E-state index is 14.7. The molecular formula is C28H19ClF4O2. The van der Waals surface area contributed by atoms with E-state index in [1.54, 1.807) is 12.1 Å². The van der Waals surface area contributed by atoms with Crippen molar-refractivity contribution < 1.29 is 27.1 Å². The van der Waals surface area contributed by atoms with E-state index >= 15 is 0 Å². The molecule has 4 aromatic rings. The van der Waals surface area contributed by atoms with Gasteiger partial charge in [0.25, 0.3) is 0 Å². The lowest BCUT2D eigenvalue weighted by atomic mass is 9.93. The molecule has 0 bridgehead atoms. The van der Waals surface area contributed by atoms with Crippen LogP contribution in [0.5, 0.6) is 5.75 Å². The minimum atomic E-state index is -1.43. The second-order valence-electron chi connectivity index (χ2n) is 8.12. The van der Waals surface area contributed by atoms with Crippen LogP contribution >= 0.6 is 11.6 Å². The average molecular weight is 499 g/mol. The molecule has 0 aliphatic carbocycles. The zero-order valence-corrected chi connectivity index (χ0v) is 19.3. The molecule has 4 rings (SSSR count). The van der Waals surface area contributed by atoms with E-state index in [2.05, 4.69) is 19.1 Å². The first-order chi connectivity index (χ1) is 16.7. The van der Waals surface area contributed by atoms with Crippen molar-refractivity contribution in [3.63, 3.8) is 0 Å². The second-order valence-corrected chi connectivity index (χ2v) is 8.50. The summed E-state index contributed by atoms with van der Waals surface area (Å²) in [6.07, 6.45) is 0.795. The molecule has 0 spiro atoms. The van der Waals surface area contributed by atoms with Crippen molar-refractivity contribution in [3.05, 3.63) is 124 Å². The topological polar surface area (TPSA) is 26.3 Å². The molecule has 1 atom stereocenters. The molecule has 1 unspecified atom stereocenters. The first kappa shape index (κ1) is 24.5. The van der Waals surface area contributed by atoms with Crippen molar-refractivity contribution >= 4 is 17.6 Å². The van der Waals surface area contributed by atoms with E-state index < -0.39 is 45.6 Å². The van der Waals surface area contributed by atoms with Crippen LogP contribution < -0.4 is 4.74 Å². The molecular weight excluding hydrogens is 480 g/mol. The third kappa shape index (κ3) is 5.54. The first-order valence-corrected chi connectivity index (χ1v) is 11.1. The Morgan fingerprint density at radius 1 is 0.800 bits per heavy atom. The summed E-state index contributed by atoms with van der Waals surface area (Å²) in [5.41, 5.74) is 2.09. The Hall–Kier alpha value is -3.64. The number of ether oxygens (including phenoxy) is 1. The molecule has 0 saturated heterocycles. The SMILES string of the molecule is CC(Cc1ccc(-c2cc(F)c(C(=O)Oc3cc(F)c(Cl)c(F)c3)c(F)c2)cc1)c1ccccc1. The Labute approximate surface area is 204 Å². The van der Waals surface area contributed by atoms with Gasteiger partial charge in [-0.05, 0) is 46.7 Å². The highest BCUT2D eigenvalue weighted by Gasteiger charge is 2.22. The van der Waals surface area contributed by atoms with Crippen LogP contribution in [0.1, 0.15) is 34.3 Å². The number of hydrogen-bond donors (Lipinski definition) is 0. The fourth-order valence-corrected chi connectivity index (χ4v) is 3.88. The van der Waals surface area contributed by atoms with Crippen LogP contribution in [0.15, 0.2) is 78.9 Å². The van der Waals surface area contributed by atoms with Crippen molar-refractivity contribution in [2.75, 3.05) is 0 Å². The molecule has 7 heteroatoms. The lowest BCUT2D eigenvalue weighted by molar-refractivity contribution is 0.0724. The van der Waals surface area contributed by atoms with E-state index in [-0.39, 0.29) is 5.56 Å². The summed E-state index contributed by atoms with van der Waals surface area (Å²) in [4.78, 5) is 12.3. The fourth-order valence-electron chi connectivity index (χ4n) is 3.77. The lowest BCUT2D eigenvalue weighted by Crippen LogP contribution is -2.14. The molecule has 0 aliphatic heterocycles. The van der Waals surface area contributed by atoms with Gasteiger partial charge in [-0.3, -0.25) is 0 Å². The third-order valence-corrected chi connectivity index (χ3v) is 5.97. The minimum absolute atomic E-state index is 0.225. The average Bonchev–Trinajstić information content (AvgIpc) is 2.83. The van der Waals surface area contributed by atoms with Gasteiger partial charge in [-0.2, -0.15) is 0 Å². The van der Waals surface area contributed by atoms with E-state index in [1.165, 1.54) is 5.56 Å². The maximum Gasteiger partial charge on any atom is 0.349 e. The van der Waals surface area contributed by atoms with Gasteiger partial charge in [-0.25, -0.2) is 22.4 Å². The Bertz CT molecular complexity index is 1330. The Morgan fingerprint density at radius 2 is 1.37 bits per heavy atom. The summed E-state index contributed by atoms with van der Waals surface area (Å²) < 4.78 is 61.3. The van der Waals surface area contributed by atoms with Gasteiger partial charge in [-0.1, -0.05) is 73.1 Å². The van der Waals surface area contributed by atoms with E-state index in [1.807, 2.05) is 30.3 Å². The molecule has 0 aromatic heterocycles. The minimum Gasteiger partial charge on any atom is -0.423 e. The van der Waals surface area contributed by atoms with Crippen LogP contribution in [-0.4, -0.2) is 5.97 Å². The van der Waals surface area contributed by atoms with Gasteiger partial charge >= 0.3 is 5.97 Å². The molecule has 4 aromatic carbocycles. The zero-order valence-electron chi connectivity index (χ0n) is 18.5. The number of esters is 1. The molecule has 0 heterocycles. The van der Waals surface area contributed by atoms with Gasteiger partial charge in [0.1, 0.15) is 39.6 Å². The summed E-state index contributed by atoms with van der Waals surface area (Å²) in [7, 11) is 0. The molecule has 0 fully saturated rings. The number of halogens is 5. The molecule has 2 nitrogen and oxygen atoms in total. The smallest absolute Gasteiger partial charge is 0.349 e. The van der Waals surface area contributed by atoms with Crippen molar-refractivity contribution in [2.24, 2.45) is 0 Å². The van der Waals surface area contributed by atoms with Crippen LogP contribution in [0.3, 0.4) is 0 Å². The molecule has 178 valence electrons. The van der Waals surface area contributed by atoms with E-state index in [4.69, 9.17) is 16.3 Å². The summed E-state index contributed by atoms with van der Waals surface area (Å²) in [5.74, 6) is -6.39. The van der Waals surface area contributed by atoms with Crippen molar-refractivity contribution in [1.82, 2.24) is 0 Å². The summed E-state index contributed by atoms with van der Waals surface area (Å²) in [5, 5.41) is -0.785. The monoisotopic (exact) mass is 498 g/mol. The van der Waals surface area contributed by atoms with E-state index in [9.17, 15) is 22.4 Å². The van der Waals surface area contributed by atoms with Crippen molar-refractivity contribution in [2.45, 2.75) is 19.3 Å². The lowest BCUT2D eigenvalue weighted by Gasteiger charge is -2.13. The molecule has 0 radical (unpaired) electrons. The third-order valence-electron chi connectivity index (χ3n) is 5.61. The number of hydrogen-bond acceptors (Lipinski definition) is 2. The predicted molar refractivity (Wildman–Crippen MR) is 127 cm³/mol. The largest absolute Gasteiger partial charge is 0.423 e. The number of rotatable bonds is 6. The summed E-state index contributed by atoms with van der Waals surface area (Å²) in [6, 6.07) is 20.6. The van der Waals surface area contributed by atoms with Gasteiger partial charge in [0, 0.05) is 12.1 Å². The first-order valence-electron chi connectivity index (χ1n) is 10.7. The Kier molecular flexibility index (Phi) is 7.22.